The molecule has 3 aromatic rings. The first-order chi connectivity index (χ1) is 11.6. The van der Waals surface area contributed by atoms with Crippen LogP contribution in [0.25, 0.3) is 0 Å². The molecule has 3 rings (SSSR count). The molecule has 1 atom stereocenters. The Morgan fingerprint density at radius 3 is 2.62 bits per heavy atom. The van der Waals surface area contributed by atoms with E-state index in [1.54, 1.807) is 24.2 Å². The minimum absolute atomic E-state index is 0.182. The molecule has 0 radical (unpaired) electrons. The molecule has 2 aromatic heterocycles. The molecule has 0 bridgehead atoms. The molecule has 1 aromatic carbocycles. The van der Waals surface area contributed by atoms with Crippen molar-refractivity contribution in [2.75, 3.05) is 0 Å². The van der Waals surface area contributed by atoms with Gasteiger partial charge in [-0.3, -0.25) is 9.97 Å². The molecule has 0 saturated carbocycles. The molecule has 0 amide bonds. The lowest BCUT2D eigenvalue weighted by Gasteiger charge is -2.11. The fourth-order valence-corrected chi connectivity index (χ4v) is 3.18. The van der Waals surface area contributed by atoms with Crippen molar-refractivity contribution in [2.45, 2.75) is 30.3 Å². The number of nitrogens with zero attached hydrogens (tertiary/aromatic N) is 5. The van der Waals surface area contributed by atoms with E-state index >= 15 is 0 Å². The lowest BCUT2D eigenvalue weighted by atomic mass is 10.1. The van der Waals surface area contributed by atoms with E-state index in [0.29, 0.717) is 5.75 Å². The number of benzene rings is 1. The Morgan fingerprint density at radius 1 is 1.12 bits per heavy atom. The number of aryl methyl sites for hydroxylation is 1. The van der Waals surface area contributed by atoms with Gasteiger partial charge in [-0.15, -0.1) is 10.2 Å². The largest absolute Gasteiger partial charge is 0.321 e. The van der Waals surface area contributed by atoms with Gasteiger partial charge < -0.3 is 10.3 Å². The fourth-order valence-electron chi connectivity index (χ4n) is 2.37. The fraction of sp³-hybridized carbons (Fsp3) is 0.294. The van der Waals surface area contributed by atoms with Crippen LogP contribution in [0.2, 0.25) is 0 Å². The number of thioether (sulfide) groups is 1. The van der Waals surface area contributed by atoms with Crippen LogP contribution < -0.4 is 5.73 Å². The van der Waals surface area contributed by atoms with E-state index in [0.717, 1.165) is 28.8 Å². The van der Waals surface area contributed by atoms with Crippen LogP contribution in [0, 0.1) is 6.92 Å². The summed E-state index contributed by atoms with van der Waals surface area (Å²) < 4.78 is 1.96. The Hall–Kier alpha value is -2.25. The van der Waals surface area contributed by atoms with Gasteiger partial charge in [-0.05, 0) is 18.9 Å². The van der Waals surface area contributed by atoms with Crippen LogP contribution in [-0.4, -0.2) is 24.7 Å². The van der Waals surface area contributed by atoms with Crippen LogP contribution in [-0.2, 0) is 19.2 Å². The number of hydrogen-bond donors (Lipinski definition) is 1. The summed E-state index contributed by atoms with van der Waals surface area (Å²) in [6.07, 6.45) is 4.30. The average molecular weight is 340 g/mol. The van der Waals surface area contributed by atoms with E-state index in [4.69, 9.17) is 5.73 Å². The van der Waals surface area contributed by atoms with Crippen LogP contribution in [0.4, 0.5) is 0 Å². The second kappa shape index (κ2) is 7.55. The second-order valence-electron chi connectivity index (χ2n) is 5.63. The molecule has 124 valence electrons. The third-order valence-electron chi connectivity index (χ3n) is 3.68. The molecule has 0 saturated heterocycles. The first-order valence-electron chi connectivity index (χ1n) is 7.72. The van der Waals surface area contributed by atoms with E-state index in [1.807, 2.05) is 36.7 Å². The summed E-state index contributed by atoms with van der Waals surface area (Å²) in [6, 6.07) is 9.99. The van der Waals surface area contributed by atoms with Gasteiger partial charge in [0.2, 0.25) is 0 Å². The molecule has 0 unspecified atom stereocenters. The van der Waals surface area contributed by atoms with Gasteiger partial charge in [0.25, 0.3) is 0 Å². The Morgan fingerprint density at radius 2 is 1.92 bits per heavy atom. The molecule has 0 aliphatic rings. The van der Waals surface area contributed by atoms with Gasteiger partial charge in [0.15, 0.2) is 11.0 Å². The van der Waals surface area contributed by atoms with Crippen LogP contribution in [0.5, 0.6) is 0 Å². The van der Waals surface area contributed by atoms with E-state index in [9.17, 15) is 0 Å². The van der Waals surface area contributed by atoms with E-state index in [1.165, 1.54) is 5.56 Å². The van der Waals surface area contributed by atoms with Gasteiger partial charge in [-0.25, -0.2) is 0 Å². The number of hydrogen-bond acceptors (Lipinski definition) is 6. The highest BCUT2D eigenvalue weighted by atomic mass is 32.2. The lowest BCUT2D eigenvalue weighted by molar-refractivity contribution is 0.616. The Labute approximate surface area is 145 Å². The van der Waals surface area contributed by atoms with Crippen molar-refractivity contribution in [3.63, 3.8) is 0 Å². The molecule has 0 spiro atoms. The van der Waals surface area contributed by atoms with Crippen LogP contribution in [0.1, 0.15) is 28.8 Å². The Bertz CT molecular complexity index is 785. The van der Waals surface area contributed by atoms with Crippen molar-refractivity contribution in [3.8, 4) is 0 Å². The molecular formula is C17H20N6S. The topological polar surface area (TPSA) is 82.5 Å². The molecular weight excluding hydrogens is 320 g/mol. The summed E-state index contributed by atoms with van der Waals surface area (Å²) in [6.45, 7) is 1.92. The molecule has 2 heterocycles. The third kappa shape index (κ3) is 3.98. The van der Waals surface area contributed by atoms with E-state index in [2.05, 4.69) is 32.3 Å². The Kier molecular flexibility index (Phi) is 5.22. The number of aromatic nitrogens is 5. The van der Waals surface area contributed by atoms with Gasteiger partial charge >= 0.3 is 0 Å². The van der Waals surface area contributed by atoms with Crippen LogP contribution >= 0.6 is 11.8 Å². The quantitative estimate of drug-likeness (QED) is 0.694. The minimum atomic E-state index is -0.182. The first-order valence-corrected chi connectivity index (χ1v) is 8.71. The maximum absolute atomic E-state index is 6.31. The summed E-state index contributed by atoms with van der Waals surface area (Å²) in [5.74, 6) is 1.49. The highest BCUT2D eigenvalue weighted by molar-refractivity contribution is 7.98. The minimum Gasteiger partial charge on any atom is -0.321 e. The highest BCUT2D eigenvalue weighted by Crippen LogP contribution is 2.22. The van der Waals surface area contributed by atoms with Crippen LogP contribution in [0.3, 0.4) is 0 Å². The normalized spacial score (nSPS) is 12.3. The predicted octanol–water partition coefficient (Wildman–Crippen LogP) is 2.45. The van der Waals surface area contributed by atoms with Gasteiger partial charge in [-0.1, -0.05) is 42.1 Å². The van der Waals surface area contributed by atoms with Gasteiger partial charge in [0.1, 0.15) is 0 Å². The van der Waals surface area contributed by atoms with Crippen molar-refractivity contribution >= 4 is 11.8 Å². The molecule has 6 nitrogen and oxygen atoms in total. The third-order valence-corrected chi connectivity index (χ3v) is 4.74. The lowest BCUT2D eigenvalue weighted by Crippen LogP contribution is -2.18. The van der Waals surface area contributed by atoms with E-state index in [-0.39, 0.29) is 6.04 Å². The van der Waals surface area contributed by atoms with Crippen molar-refractivity contribution in [1.29, 1.82) is 0 Å². The van der Waals surface area contributed by atoms with Gasteiger partial charge in [0, 0.05) is 25.2 Å². The zero-order valence-corrected chi connectivity index (χ0v) is 14.6. The zero-order valence-electron chi connectivity index (χ0n) is 13.8. The smallest absolute Gasteiger partial charge is 0.191 e. The maximum Gasteiger partial charge on any atom is 0.191 e. The summed E-state index contributed by atoms with van der Waals surface area (Å²) in [7, 11) is 1.95. The van der Waals surface area contributed by atoms with Crippen molar-refractivity contribution in [2.24, 2.45) is 12.8 Å². The summed E-state index contributed by atoms with van der Waals surface area (Å²) in [5.41, 5.74) is 9.34. The number of nitrogens with two attached hydrogens (primary N) is 1. The standard InChI is InChI=1S/C17H20N6S/c1-12-9-20-14(10-19-12)11-24-17-22-21-16(23(17)2)15(18)8-13-6-4-3-5-7-13/h3-7,9-10,15H,8,11,18H2,1-2H3/t15-/m0/s1. The molecule has 0 aliphatic carbocycles. The monoisotopic (exact) mass is 340 g/mol. The summed E-state index contributed by atoms with van der Waals surface area (Å²) in [4.78, 5) is 8.61. The summed E-state index contributed by atoms with van der Waals surface area (Å²) in [5, 5.41) is 9.36. The molecule has 7 heteroatoms. The van der Waals surface area contributed by atoms with Gasteiger partial charge in [-0.2, -0.15) is 0 Å². The summed E-state index contributed by atoms with van der Waals surface area (Å²) >= 11 is 1.58. The van der Waals surface area contributed by atoms with Crippen molar-refractivity contribution in [1.82, 2.24) is 24.7 Å². The van der Waals surface area contributed by atoms with Crippen molar-refractivity contribution in [3.05, 3.63) is 65.5 Å². The second-order valence-corrected chi connectivity index (χ2v) is 6.58. The first kappa shape index (κ1) is 16.6. The zero-order chi connectivity index (χ0) is 16.9. The van der Waals surface area contributed by atoms with Gasteiger partial charge in [0.05, 0.1) is 17.4 Å². The van der Waals surface area contributed by atoms with Crippen molar-refractivity contribution < 1.29 is 0 Å². The SMILES string of the molecule is Cc1cnc(CSc2nnc([C@@H](N)Cc3ccccc3)n2C)cn1. The van der Waals surface area contributed by atoms with E-state index < -0.39 is 0 Å². The molecule has 0 fully saturated rings. The average Bonchev–Trinajstić information content (AvgIpc) is 2.96. The highest BCUT2D eigenvalue weighted by Gasteiger charge is 2.16. The molecule has 24 heavy (non-hydrogen) atoms. The molecule has 0 aliphatic heterocycles. The number of rotatable bonds is 6. The maximum atomic E-state index is 6.31. The molecule has 2 N–H and O–H groups in total. The Balaban J connectivity index is 1.65. The van der Waals surface area contributed by atoms with Crippen LogP contribution in [0.15, 0.2) is 47.9 Å². The predicted molar refractivity (Wildman–Crippen MR) is 94.4 cm³/mol.